The summed E-state index contributed by atoms with van der Waals surface area (Å²) in [6.07, 6.45) is 6.06. The van der Waals surface area contributed by atoms with E-state index in [9.17, 15) is 18.5 Å². The topological polar surface area (TPSA) is 95.2 Å². The van der Waals surface area contributed by atoms with E-state index in [2.05, 4.69) is 4.72 Å². The highest BCUT2D eigenvalue weighted by Crippen LogP contribution is 2.30. The number of benzene rings is 1. The van der Waals surface area contributed by atoms with Crippen LogP contribution >= 0.6 is 0 Å². The number of nitrogens with one attached hydrogen (secondary N) is 1. The molecule has 2 aromatic rings. The van der Waals surface area contributed by atoms with Gasteiger partial charge in [0, 0.05) is 36.8 Å². The minimum Gasteiger partial charge on any atom is -0.370 e. The van der Waals surface area contributed by atoms with Crippen molar-refractivity contribution in [3.8, 4) is 17.7 Å². The van der Waals surface area contributed by atoms with Gasteiger partial charge < -0.3 is 9.47 Å². The zero-order valence-corrected chi connectivity index (χ0v) is 15.1. The van der Waals surface area contributed by atoms with Crippen molar-refractivity contribution in [2.24, 2.45) is 7.05 Å². The van der Waals surface area contributed by atoms with Crippen LogP contribution in [0.3, 0.4) is 0 Å². The summed E-state index contributed by atoms with van der Waals surface area (Å²) in [5, 5.41) is 12.1. The molecule has 3 rings (SSSR count). The van der Waals surface area contributed by atoms with Gasteiger partial charge in [0.25, 0.3) is 15.6 Å². The third-order valence-corrected chi connectivity index (χ3v) is 5.63. The van der Waals surface area contributed by atoms with Gasteiger partial charge in [0.15, 0.2) is 0 Å². The van der Waals surface area contributed by atoms with E-state index in [-0.39, 0.29) is 17.2 Å². The maximum Gasteiger partial charge on any atom is 0.280 e. The van der Waals surface area contributed by atoms with E-state index in [1.54, 1.807) is 12.3 Å². The summed E-state index contributed by atoms with van der Waals surface area (Å²) in [7, 11) is -2.06. The summed E-state index contributed by atoms with van der Waals surface area (Å²) >= 11 is 0. The first-order valence-electron chi connectivity index (χ1n) is 8.14. The molecule has 0 saturated carbocycles. The molecule has 1 saturated heterocycles. The van der Waals surface area contributed by atoms with Crippen LogP contribution in [-0.4, -0.2) is 32.1 Å². The first-order valence-corrected chi connectivity index (χ1v) is 9.62. The Morgan fingerprint density at radius 3 is 2.54 bits per heavy atom. The standard InChI is InChI=1S/C18H18N4O3S/c1-3-26(24,25)20-13-8-10-22(11-9-13)17-14-6-4-5-7-16(14)21(2)18(23)15(17)12-19/h1,4-7,13,20H,8-11H2,2H3. The minimum absolute atomic E-state index is 0.105. The number of terminal acetylenes is 1. The lowest BCUT2D eigenvalue weighted by Gasteiger charge is -2.34. The second kappa shape index (κ2) is 6.83. The molecule has 2 heterocycles. The largest absolute Gasteiger partial charge is 0.370 e. The fourth-order valence-electron chi connectivity index (χ4n) is 3.38. The molecule has 1 aromatic carbocycles. The molecule has 1 N–H and O–H groups in total. The summed E-state index contributed by atoms with van der Waals surface area (Å²) in [5.41, 5.74) is 1.14. The zero-order valence-electron chi connectivity index (χ0n) is 14.3. The van der Waals surface area contributed by atoms with Gasteiger partial charge in [0.2, 0.25) is 0 Å². The van der Waals surface area contributed by atoms with Gasteiger partial charge in [-0.3, -0.25) is 4.79 Å². The predicted molar refractivity (Wildman–Crippen MR) is 100 cm³/mol. The van der Waals surface area contributed by atoms with E-state index in [1.165, 1.54) is 4.57 Å². The number of piperidine rings is 1. The Labute approximate surface area is 151 Å². The van der Waals surface area contributed by atoms with Crippen LogP contribution in [0.4, 0.5) is 5.69 Å². The van der Waals surface area contributed by atoms with Gasteiger partial charge in [0.05, 0.1) is 11.2 Å². The molecule has 134 valence electrons. The maximum atomic E-state index is 12.6. The van der Waals surface area contributed by atoms with Crippen LogP contribution in [-0.2, 0) is 17.1 Å². The van der Waals surface area contributed by atoms with Gasteiger partial charge in [-0.25, -0.2) is 4.72 Å². The van der Waals surface area contributed by atoms with E-state index in [0.717, 1.165) is 10.9 Å². The lowest BCUT2D eigenvalue weighted by molar-refractivity contribution is 0.463. The van der Waals surface area contributed by atoms with Crippen molar-refractivity contribution in [1.82, 2.24) is 9.29 Å². The van der Waals surface area contributed by atoms with E-state index in [0.29, 0.717) is 31.6 Å². The number of nitrogens with zero attached hydrogens (tertiary/aromatic N) is 3. The van der Waals surface area contributed by atoms with Gasteiger partial charge in [0.1, 0.15) is 11.6 Å². The van der Waals surface area contributed by atoms with Crippen LogP contribution in [0.2, 0.25) is 0 Å². The van der Waals surface area contributed by atoms with Crippen LogP contribution in [0, 0.1) is 23.0 Å². The molecule has 0 amide bonds. The lowest BCUT2D eigenvalue weighted by Crippen LogP contribution is -2.45. The minimum atomic E-state index is -3.71. The lowest BCUT2D eigenvalue weighted by atomic mass is 10.0. The van der Waals surface area contributed by atoms with Crippen molar-refractivity contribution in [3.05, 3.63) is 40.2 Å². The molecular weight excluding hydrogens is 352 g/mol. The summed E-state index contributed by atoms with van der Waals surface area (Å²) < 4.78 is 27.0. The number of pyridine rings is 1. The van der Waals surface area contributed by atoms with E-state index in [1.807, 2.05) is 35.2 Å². The Bertz CT molecular complexity index is 1100. The Balaban J connectivity index is 1.98. The van der Waals surface area contributed by atoms with E-state index >= 15 is 0 Å². The van der Waals surface area contributed by atoms with E-state index < -0.39 is 10.0 Å². The van der Waals surface area contributed by atoms with Crippen LogP contribution in [0.25, 0.3) is 10.9 Å². The summed E-state index contributed by atoms with van der Waals surface area (Å²) in [5.74, 6) is 0. The fraction of sp³-hybridized carbons (Fsp3) is 0.333. The molecule has 0 radical (unpaired) electrons. The smallest absolute Gasteiger partial charge is 0.280 e. The third kappa shape index (κ3) is 3.17. The number of aromatic nitrogens is 1. The highest BCUT2D eigenvalue weighted by molar-refractivity contribution is 7.94. The fourth-order valence-corrected chi connectivity index (χ4v) is 4.13. The highest BCUT2D eigenvalue weighted by atomic mass is 32.2. The summed E-state index contributed by atoms with van der Waals surface area (Å²) in [6, 6.07) is 9.23. The van der Waals surface area contributed by atoms with Crippen LogP contribution in [0.5, 0.6) is 0 Å². The molecule has 0 unspecified atom stereocenters. The second-order valence-electron chi connectivity index (χ2n) is 6.22. The number of rotatable bonds is 3. The number of nitriles is 1. The number of sulfonamides is 1. The molecule has 26 heavy (non-hydrogen) atoms. The first kappa shape index (κ1) is 18.0. The quantitative estimate of drug-likeness (QED) is 0.810. The van der Waals surface area contributed by atoms with Crippen molar-refractivity contribution in [2.75, 3.05) is 18.0 Å². The third-order valence-electron chi connectivity index (χ3n) is 4.68. The van der Waals surface area contributed by atoms with Gasteiger partial charge in [-0.05, 0) is 18.9 Å². The Kier molecular flexibility index (Phi) is 4.73. The molecular formula is C18H18N4O3S. The van der Waals surface area contributed by atoms with Crippen molar-refractivity contribution in [3.63, 3.8) is 0 Å². The Morgan fingerprint density at radius 1 is 1.27 bits per heavy atom. The molecule has 0 atom stereocenters. The van der Waals surface area contributed by atoms with Gasteiger partial charge >= 0.3 is 0 Å². The van der Waals surface area contributed by atoms with Gasteiger partial charge in [-0.15, -0.1) is 6.42 Å². The maximum absolute atomic E-state index is 12.6. The zero-order chi connectivity index (χ0) is 18.9. The molecule has 1 aliphatic heterocycles. The molecule has 1 aliphatic rings. The molecule has 0 aliphatic carbocycles. The number of hydrogen-bond acceptors (Lipinski definition) is 5. The molecule has 1 fully saturated rings. The van der Waals surface area contributed by atoms with Crippen molar-refractivity contribution in [1.29, 1.82) is 5.26 Å². The van der Waals surface area contributed by atoms with Gasteiger partial charge in [-0.2, -0.15) is 13.7 Å². The Hall–Kier alpha value is -2.81. The number of para-hydroxylation sites is 1. The normalized spacial score (nSPS) is 15.6. The average Bonchev–Trinajstić information content (AvgIpc) is 2.65. The van der Waals surface area contributed by atoms with Crippen LogP contribution < -0.4 is 15.2 Å². The second-order valence-corrected chi connectivity index (χ2v) is 7.70. The molecule has 0 spiro atoms. The number of hydrogen-bond donors (Lipinski definition) is 1. The predicted octanol–water partition coefficient (Wildman–Crippen LogP) is 0.889. The van der Waals surface area contributed by atoms with Crippen LogP contribution in [0.1, 0.15) is 18.4 Å². The molecule has 0 bridgehead atoms. The first-order chi connectivity index (χ1) is 12.4. The van der Waals surface area contributed by atoms with Crippen molar-refractivity contribution in [2.45, 2.75) is 18.9 Å². The summed E-state index contributed by atoms with van der Waals surface area (Å²) in [4.78, 5) is 14.5. The van der Waals surface area contributed by atoms with Crippen molar-refractivity contribution < 1.29 is 8.42 Å². The number of anilines is 1. The molecule has 8 heteroatoms. The monoisotopic (exact) mass is 370 g/mol. The summed E-state index contributed by atoms with van der Waals surface area (Å²) in [6.45, 7) is 1.03. The van der Waals surface area contributed by atoms with Gasteiger partial charge in [-0.1, -0.05) is 18.2 Å². The molecule has 7 nitrogen and oxygen atoms in total. The SMILES string of the molecule is C#CS(=O)(=O)NC1CCN(c2c(C#N)c(=O)n(C)c3ccccc23)CC1. The van der Waals surface area contributed by atoms with Crippen molar-refractivity contribution >= 4 is 26.6 Å². The molecule has 1 aromatic heterocycles. The highest BCUT2D eigenvalue weighted by Gasteiger charge is 2.26. The van der Waals surface area contributed by atoms with E-state index in [4.69, 9.17) is 6.42 Å². The average molecular weight is 370 g/mol. The number of fused-ring (bicyclic) bond motifs is 1. The number of aryl methyl sites for hydroxylation is 1. The van der Waals surface area contributed by atoms with Crippen LogP contribution in [0.15, 0.2) is 29.1 Å². The Morgan fingerprint density at radius 2 is 1.92 bits per heavy atom.